The fourth-order valence-electron chi connectivity index (χ4n) is 2.72. The Morgan fingerprint density at radius 1 is 1.32 bits per heavy atom. The molecular weight excluding hydrogens is 258 g/mol. The fraction of sp³-hybridized carbons (Fsp3) is 0.733. The average Bonchev–Trinajstić information content (AvgIpc) is 2.70. The Labute approximate surface area is 120 Å². The first-order valence-corrected chi connectivity index (χ1v) is 7.90. The van der Waals surface area contributed by atoms with Crippen LogP contribution in [-0.4, -0.2) is 24.4 Å². The maximum absolute atomic E-state index is 6.30. The van der Waals surface area contributed by atoms with Crippen molar-refractivity contribution in [3.05, 3.63) is 21.9 Å². The summed E-state index contributed by atoms with van der Waals surface area (Å²) in [6, 6.07) is 4.28. The number of hydrogen-bond donors (Lipinski definition) is 1. The van der Waals surface area contributed by atoms with E-state index in [-0.39, 0.29) is 30.5 Å². The van der Waals surface area contributed by atoms with Gasteiger partial charge in [0.15, 0.2) is 0 Å². The molecule has 4 unspecified atom stereocenters. The third kappa shape index (κ3) is 4.02. The Balaban J connectivity index is 2.04. The van der Waals surface area contributed by atoms with Gasteiger partial charge in [0.2, 0.25) is 0 Å². The van der Waals surface area contributed by atoms with Crippen molar-refractivity contribution in [3.63, 3.8) is 0 Å². The largest absolute Gasteiger partial charge is 0.375 e. The summed E-state index contributed by atoms with van der Waals surface area (Å²) < 4.78 is 12.1. The van der Waals surface area contributed by atoms with E-state index in [9.17, 15) is 0 Å². The van der Waals surface area contributed by atoms with Gasteiger partial charge in [0.1, 0.15) is 6.10 Å². The summed E-state index contributed by atoms with van der Waals surface area (Å²) in [6.45, 7) is 8.36. The molecule has 19 heavy (non-hydrogen) atoms. The third-order valence-corrected chi connectivity index (χ3v) is 4.57. The van der Waals surface area contributed by atoms with E-state index in [0.29, 0.717) is 0 Å². The summed E-state index contributed by atoms with van der Waals surface area (Å²) >= 11 is 1.78. The number of rotatable bonds is 4. The van der Waals surface area contributed by atoms with E-state index in [1.807, 2.05) is 6.92 Å². The monoisotopic (exact) mass is 283 g/mol. The zero-order valence-corrected chi connectivity index (χ0v) is 13.1. The molecule has 0 spiro atoms. The zero-order valence-electron chi connectivity index (χ0n) is 12.3. The zero-order chi connectivity index (χ0) is 14.0. The lowest BCUT2D eigenvalue weighted by atomic mass is 10.0. The van der Waals surface area contributed by atoms with Gasteiger partial charge in [-0.05, 0) is 52.7 Å². The highest BCUT2D eigenvalue weighted by Gasteiger charge is 2.29. The van der Waals surface area contributed by atoms with Gasteiger partial charge in [0.25, 0.3) is 0 Å². The van der Waals surface area contributed by atoms with Gasteiger partial charge in [-0.1, -0.05) is 0 Å². The van der Waals surface area contributed by atoms with Crippen LogP contribution in [0.3, 0.4) is 0 Å². The quantitative estimate of drug-likeness (QED) is 0.921. The molecule has 1 aliphatic heterocycles. The number of hydrogen-bond acceptors (Lipinski definition) is 4. The Bertz CT molecular complexity index is 395. The second-order valence-electron chi connectivity index (χ2n) is 5.71. The number of aryl methyl sites for hydroxylation is 1. The van der Waals surface area contributed by atoms with Crippen molar-refractivity contribution < 1.29 is 9.47 Å². The van der Waals surface area contributed by atoms with E-state index in [2.05, 4.69) is 32.9 Å². The second kappa shape index (κ2) is 6.35. The van der Waals surface area contributed by atoms with Crippen LogP contribution in [0.15, 0.2) is 12.1 Å². The van der Waals surface area contributed by atoms with Crippen molar-refractivity contribution in [2.75, 3.05) is 0 Å². The third-order valence-electron chi connectivity index (χ3n) is 3.51. The van der Waals surface area contributed by atoms with Gasteiger partial charge in [-0.25, -0.2) is 0 Å². The molecule has 1 fully saturated rings. The van der Waals surface area contributed by atoms with E-state index < -0.39 is 0 Å². The minimum Gasteiger partial charge on any atom is -0.375 e. The van der Waals surface area contributed by atoms with E-state index in [4.69, 9.17) is 15.2 Å². The van der Waals surface area contributed by atoms with Crippen LogP contribution in [0.25, 0.3) is 0 Å². The number of nitrogens with two attached hydrogens (primary N) is 1. The number of thiophene rings is 1. The van der Waals surface area contributed by atoms with Gasteiger partial charge < -0.3 is 15.2 Å². The summed E-state index contributed by atoms with van der Waals surface area (Å²) in [5, 5.41) is 0. The molecule has 1 aromatic heterocycles. The molecule has 4 atom stereocenters. The van der Waals surface area contributed by atoms with Gasteiger partial charge in [-0.2, -0.15) is 0 Å². The van der Waals surface area contributed by atoms with Crippen LogP contribution in [0.1, 0.15) is 49.5 Å². The predicted molar refractivity (Wildman–Crippen MR) is 79.6 cm³/mol. The molecule has 3 nitrogen and oxygen atoms in total. The van der Waals surface area contributed by atoms with Gasteiger partial charge in [-0.15, -0.1) is 11.3 Å². The Morgan fingerprint density at radius 2 is 1.95 bits per heavy atom. The summed E-state index contributed by atoms with van der Waals surface area (Å²) in [5.74, 6) is 0. The Hall–Kier alpha value is -0.420. The lowest BCUT2D eigenvalue weighted by Gasteiger charge is -2.35. The van der Waals surface area contributed by atoms with Crippen molar-refractivity contribution in [2.45, 2.75) is 71.0 Å². The molecule has 108 valence electrons. The summed E-state index contributed by atoms with van der Waals surface area (Å²) in [7, 11) is 0. The first-order valence-electron chi connectivity index (χ1n) is 7.08. The van der Waals surface area contributed by atoms with Crippen LogP contribution < -0.4 is 5.73 Å². The topological polar surface area (TPSA) is 44.5 Å². The molecule has 0 amide bonds. The van der Waals surface area contributed by atoms with Crippen molar-refractivity contribution >= 4 is 11.3 Å². The molecule has 0 saturated carbocycles. The minimum absolute atomic E-state index is 0.00111. The summed E-state index contributed by atoms with van der Waals surface area (Å²) in [5.41, 5.74) is 6.11. The molecule has 0 radical (unpaired) electrons. The van der Waals surface area contributed by atoms with Gasteiger partial charge in [0, 0.05) is 15.8 Å². The van der Waals surface area contributed by atoms with Crippen LogP contribution in [0.5, 0.6) is 0 Å². The van der Waals surface area contributed by atoms with Crippen molar-refractivity contribution in [3.8, 4) is 0 Å². The van der Waals surface area contributed by atoms with Crippen molar-refractivity contribution in [1.29, 1.82) is 0 Å². The molecule has 2 heterocycles. The lowest BCUT2D eigenvalue weighted by Crippen LogP contribution is -2.37. The smallest absolute Gasteiger partial charge is 0.107 e. The minimum atomic E-state index is 0.00111. The Kier molecular flexibility index (Phi) is 5.01. The first-order chi connectivity index (χ1) is 8.95. The highest BCUT2D eigenvalue weighted by atomic mass is 32.1. The van der Waals surface area contributed by atoms with E-state index in [1.54, 1.807) is 11.3 Å². The SMILES string of the molecule is Cc1ccc(C(OC2CC(C)OC(C)C2)C(C)N)s1. The second-order valence-corrected chi connectivity index (χ2v) is 7.03. The maximum atomic E-state index is 6.30. The van der Waals surface area contributed by atoms with Crippen LogP contribution in [0.2, 0.25) is 0 Å². The molecule has 0 aliphatic carbocycles. The van der Waals surface area contributed by atoms with E-state index in [1.165, 1.54) is 9.75 Å². The molecule has 1 saturated heterocycles. The highest BCUT2D eigenvalue weighted by molar-refractivity contribution is 7.12. The van der Waals surface area contributed by atoms with Crippen LogP contribution >= 0.6 is 11.3 Å². The molecule has 1 aliphatic rings. The van der Waals surface area contributed by atoms with Gasteiger partial charge in [0.05, 0.1) is 18.3 Å². The number of ether oxygens (including phenoxy) is 2. The molecule has 1 aromatic rings. The fourth-order valence-corrected chi connectivity index (χ4v) is 3.75. The standard InChI is InChI=1S/C15H25NO2S/c1-9-7-13(8-10(2)17-9)18-15(12(4)16)14-6-5-11(3)19-14/h5-6,9-10,12-13,15H,7-8,16H2,1-4H3. The summed E-state index contributed by atoms with van der Waals surface area (Å²) in [6.07, 6.45) is 2.70. The highest BCUT2D eigenvalue weighted by Crippen LogP contribution is 2.32. The first kappa shape index (κ1) is 15.0. The summed E-state index contributed by atoms with van der Waals surface area (Å²) in [4.78, 5) is 2.54. The average molecular weight is 283 g/mol. The molecule has 2 N–H and O–H groups in total. The Morgan fingerprint density at radius 3 is 2.42 bits per heavy atom. The van der Waals surface area contributed by atoms with Crippen molar-refractivity contribution in [1.82, 2.24) is 0 Å². The molecular formula is C15H25NO2S. The van der Waals surface area contributed by atoms with Crippen LogP contribution in [-0.2, 0) is 9.47 Å². The predicted octanol–water partition coefficient (Wildman–Crippen LogP) is 3.42. The molecule has 2 rings (SSSR count). The normalized spacial score (nSPS) is 31.1. The van der Waals surface area contributed by atoms with E-state index >= 15 is 0 Å². The molecule has 0 bridgehead atoms. The van der Waals surface area contributed by atoms with Crippen molar-refractivity contribution in [2.24, 2.45) is 5.73 Å². The molecule has 0 aromatic carbocycles. The lowest BCUT2D eigenvalue weighted by molar-refractivity contribution is -0.125. The molecule has 4 heteroatoms. The van der Waals surface area contributed by atoms with Crippen LogP contribution in [0.4, 0.5) is 0 Å². The van der Waals surface area contributed by atoms with Crippen LogP contribution in [0, 0.1) is 6.92 Å². The van der Waals surface area contributed by atoms with Gasteiger partial charge >= 0.3 is 0 Å². The maximum Gasteiger partial charge on any atom is 0.107 e. The van der Waals surface area contributed by atoms with Gasteiger partial charge in [-0.3, -0.25) is 0 Å². The van der Waals surface area contributed by atoms with E-state index in [0.717, 1.165) is 12.8 Å².